The minimum atomic E-state index is -0.798. The zero-order valence-corrected chi connectivity index (χ0v) is 20.4. The van der Waals surface area contributed by atoms with Gasteiger partial charge in [0, 0.05) is 37.4 Å². The first-order chi connectivity index (χ1) is 15.9. The predicted molar refractivity (Wildman–Crippen MR) is 140 cm³/mol. The second-order valence-corrected chi connectivity index (χ2v) is 10.4. The summed E-state index contributed by atoms with van der Waals surface area (Å²) in [6.07, 6.45) is 4.62. The summed E-state index contributed by atoms with van der Waals surface area (Å²) in [5.74, 6) is 0.503. The number of nitrogens with zero attached hydrogens (tertiary/aromatic N) is 2. The van der Waals surface area contributed by atoms with Crippen LogP contribution in [0.3, 0.4) is 0 Å². The van der Waals surface area contributed by atoms with Crippen LogP contribution in [0, 0.1) is 0 Å². The number of thioether (sulfide) groups is 2. The molecular formula is C26H28N2O3S2. The SMILES string of the molecule is CN(C)C(=O)CCSC(SCCC(=O)O)c1cccc(/C=C/c2ccc3ccccc3n2)c1. The molecule has 3 rings (SSSR count). The van der Waals surface area contributed by atoms with Crippen molar-refractivity contribution in [1.29, 1.82) is 0 Å². The van der Waals surface area contributed by atoms with E-state index < -0.39 is 5.97 Å². The van der Waals surface area contributed by atoms with Gasteiger partial charge in [0.15, 0.2) is 0 Å². The molecule has 1 unspecified atom stereocenters. The highest BCUT2D eigenvalue weighted by Crippen LogP contribution is 2.40. The van der Waals surface area contributed by atoms with E-state index in [1.165, 1.54) is 0 Å². The molecule has 2 aromatic carbocycles. The van der Waals surface area contributed by atoms with E-state index in [4.69, 9.17) is 5.11 Å². The van der Waals surface area contributed by atoms with Gasteiger partial charge in [0.25, 0.3) is 0 Å². The van der Waals surface area contributed by atoms with Gasteiger partial charge < -0.3 is 10.0 Å². The van der Waals surface area contributed by atoms with E-state index in [1.807, 2.05) is 54.6 Å². The lowest BCUT2D eigenvalue weighted by molar-refractivity contribution is -0.136. The number of amides is 1. The Balaban J connectivity index is 1.72. The molecule has 3 aromatic rings. The molecule has 1 aromatic heterocycles. The van der Waals surface area contributed by atoms with Crippen LogP contribution in [0.2, 0.25) is 0 Å². The number of pyridine rings is 1. The van der Waals surface area contributed by atoms with E-state index in [2.05, 4.69) is 23.2 Å². The van der Waals surface area contributed by atoms with Crippen LogP contribution >= 0.6 is 23.5 Å². The molecule has 1 amide bonds. The van der Waals surface area contributed by atoms with Crippen LogP contribution in [0.1, 0.15) is 34.2 Å². The second-order valence-electron chi connectivity index (χ2n) is 7.69. The molecule has 0 saturated carbocycles. The number of hydrogen-bond acceptors (Lipinski definition) is 5. The minimum absolute atomic E-state index is 0.0615. The van der Waals surface area contributed by atoms with E-state index in [9.17, 15) is 9.59 Å². The number of aromatic nitrogens is 1. The molecule has 1 atom stereocenters. The summed E-state index contributed by atoms with van der Waals surface area (Å²) in [4.78, 5) is 29.2. The number of fused-ring (bicyclic) bond motifs is 1. The monoisotopic (exact) mass is 480 g/mol. The highest BCUT2D eigenvalue weighted by atomic mass is 32.2. The molecule has 1 N–H and O–H groups in total. The molecule has 0 aliphatic carbocycles. The lowest BCUT2D eigenvalue weighted by atomic mass is 10.1. The summed E-state index contributed by atoms with van der Waals surface area (Å²) >= 11 is 3.29. The number of carboxylic acid groups (broad SMARTS) is 1. The number of hydrogen-bond donors (Lipinski definition) is 1. The van der Waals surface area contributed by atoms with Crippen molar-refractivity contribution in [3.05, 3.63) is 77.5 Å². The van der Waals surface area contributed by atoms with Crippen molar-refractivity contribution in [3.8, 4) is 0 Å². The predicted octanol–water partition coefficient (Wildman–Crippen LogP) is 5.82. The number of carboxylic acids is 1. The third-order valence-electron chi connectivity index (χ3n) is 4.92. The van der Waals surface area contributed by atoms with Gasteiger partial charge in [-0.3, -0.25) is 9.59 Å². The average molecular weight is 481 g/mol. The number of para-hydroxylation sites is 1. The van der Waals surface area contributed by atoms with Crippen LogP contribution in [0.25, 0.3) is 23.1 Å². The fraction of sp³-hybridized carbons (Fsp3) is 0.269. The maximum absolute atomic E-state index is 11.9. The molecular weight excluding hydrogens is 452 g/mol. The Hall–Kier alpha value is -2.77. The highest BCUT2D eigenvalue weighted by Gasteiger charge is 2.15. The van der Waals surface area contributed by atoms with Crippen molar-refractivity contribution in [2.75, 3.05) is 25.6 Å². The number of benzene rings is 2. The minimum Gasteiger partial charge on any atom is -0.481 e. The first-order valence-electron chi connectivity index (χ1n) is 10.7. The third-order valence-corrected chi connectivity index (χ3v) is 7.76. The molecule has 0 saturated heterocycles. The van der Waals surface area contributed by atoms with Gasteiger partial charge in [-0.1, -0.05) is 48.5 Å². The van der Waals surface area contributed by atoms with Gasteiger partial charge in [0.1, 0.15) is 0 Å². The number of aliphatic carboxylic acids is 1. The topological polar surface area (TPSA) is 70.5 Å². The van der Waals surface area contributed by atoms with Crippen LogP contribution in [0.5, 0.6) is 0 Å². The van der Waals surface area contributed by atoms with Gasteiger partial charge in [0.05, 0.1) is 22.2 Å². The Labute approximate surface area is 203 Å². The molecule has 0 aliphatic heterocycles. The van der Waals surface area contributed by atoms with Crippen molar-refractivity contribution in [1.82, 2.24) is 9.88 Å². The molecule has 0 spiro atoms. The number of rotatable bonds is 11. The standard InChI is InChI=1S/C26H28N2O3S2/c1-28(2)24(29)14-16-32-26(33-17-15-25(30)31)21-8-5-6-19(18-21)10-12-22-13-11-20-7-3-4-9-23(20)27-22/h3-13,18,26H,14-17H2,1-2H3,(H,30,31)/b12-10+. The van der Waals surface area contributed by atoms with E-state index >= 15 is 0 Å². The maximum atomic E-state index is 11.9. The fourth-order valence-corrected chi connectivity index (χ4v) is 5.79. The van der Waals surface area contributed by atoms with Crippen LogP contribution in [-0.4, -0.2) is 52.5 Å². The fourth-order valence-electron chi connectivity index (χ4n) is 3.14. The highest BCUT2D eigenvalue weighted by molar-refractivity contribution is 8.16. The molecule has 33 heavy (non-hydrogen) atoms. The van der Waals surface area contributed by atoms with Crippen LogP contribution in [0.15, 0.2) is 60.7 Å². The Morgan fingerprint density at radius 1 is 0.970 bits per heavy atom. The first-order valence-corrected chi connectivity index (χ1v) is 12.8. The number of carbonyl (C=O) groups excluding carboxylic acids is 1. The summed E-state index contributed by atoms with van der Waals surface area (Å²) in [5.41, 5.74) is 4.02. The summed E-state index contributed by atoms with van der Waals surface area (Å²) in [7, 11) is 3.51. The Morgan fingerprint density at radius 3 is 2.48 bits per heavy atom. The van der Waals surface area contributed by atoms with Crippen LogP contribution in [-0.2, 0) is 9.59 Å². The van der Waals surface area contributed by atoms with Gasteiger partial charge in [-0.25, -0.2) is 4.98 Å². The van der Waals surface area contributed by atoms with Gasteiger partial charge in [-0.15, -0.1) is 23.5 Å². The summed E-state index contributed by atoms with van der Waals surface area (Å²) < 4.78 is 0.0615. The molecule has 172 valence electrons. The normalized spacial score (nSPS) is 12.2. The lowest BCUT2D eigenvalue weighted by Crippen LogP contribution is -2.21. The van der Waals surface area contributed by atoms with Crippen molar-refractivity contribution in [2.45, 2.75) is 17.4 Å². The van der Waals surface area contributed by atoms with Crippen molar-refractivity contribution >= 4 is 58.5 Å². The lowest BCUT2D eigenvalue weighted by Gasteiger charge is -2.18. The molecule has 1 heterocycles. The zero-order chi connectivity index (χ0) is 23.6. The second kappa shape index (κ2) is 12.5. The average Bonchev–Trinajstić information content (AvgIpc) is 2.81. The molecule has 0 radical (unpaired) electrons. The first kappa shape index (κ1) is 24.9. The van der Waals surface area contributed by atoms with Crippen LogP contribution in [0.4, 0.5) is 0 Å². The van der Waals surface area contributed by atoms with Crippen molar-refractivity contribution < 1.29 is 14.7 Å². The van der Waals surface area contributed by atoms with Crippen molar-refractivity contribution in [2.24, 2.45) is 0 Å². The Kier molecular flexibility index (Phi) is 9.39. The summed E-state index contributed by atoms with van der Waals surface area (Å²) in [6, 6.07) is 20.4. The van der Waals surface area contributed by atoms with E-state index in [0.717, 1.165) is 27.7 Å². The summed E-state index contributed by atoms with van der Waals surface area (Å²) in [5, 5.41) is 10.1. The maximum Gasteiger partial charge on any atom is 0.304 e. The summed E-state index contributed by atoms with van der Waals surface area (Å²) in [6.45, 7) is 0. The molecule has 0 fully saturated rings. The Morgan fingerprint density at radius 2 is 1.73 bits per heavy atom. The zero-order valence-electron chi connectivity index (χ0n) is 18.8. The van der Waals surface area contributed by atoms with E-state index in [0.29, 0.717) is 17.9 Å². The third kappa shape index (κ3) is 7.94. The molecule has 7 heteroatoms. The van der Waals surface area contributed by atoms with Gasteiger partial charge >= 0.3 is 5.97 Å². The quantitative estimate of drug-likeness (QED) is 0.349. The van der Waals surface area contributed by atoms with E-state index in [1.54, 1.807) is 42.5 Å². The molecule has 5 nitrogen and oxygen atoms in total. The van der Waals surface area contributed by atoms with E-state index in [-0.39, 0.29) is 16.9 Å². The van der Waals surface area contributed by atoms with Gasteiger partial charge in [-0.2, -0.15) is 0 Å². The molecule has 0 bridgehead atoms. The molecule has 0 aliphatic rings. The number of carbonyl (C=O) groups is 2. The smallest absolute Gasteiger partial charge is 0.304 e. The van der Waals surface area contributed by atoms with Gasteiger partial charge in [0.2, 0.25) is 5.91 Å². The van der Waals surface area contributed by atoms with Crippen molar-refractivity contribution in [3.63, 3.8) is 0 Å². The Bertz CT molecular complexity index is 1130. The largest absolute Gasteiger partial charge is 0.481 e. The van der Waals surface area contributed by atoms with Gasteiger partial charge in [-0.05, 0) is 35.4 Å². The van der Waals surface area contributed by atoms with Crippen LogP contribution < -0.4 is 0 Å².